The molecule has 0 spiro atoms. The summed E-state index contributed by atoms with van der Waals surface area (Å²) in [6.07, 6.45) is 0. The van der Waals surface area contributed by atoms with Gasteiger partial charge in [0.1, 0.15) is 5.51 Å². The van der Waals surface area contributed by atoms with Crippen molar-refractivity contribution in [1.82, 2.24) is 15.5 Å². The fourth-order valence-corrected chi connectivity index (χ4v) is 2.76. The highest BCUT2D eigenvalue weighted by atomic mass is 32.2. The lowest BCUT2D eigenvalue weighted by molar-refractivity contribution is -0.119. The number of carbonyl (C=O) groups excluding carboxylic acids is 1. The van der Waals surface area contributed by atoms with Crippen LogP contribution in [0.15, 0.2) is 40.2 Å². The fourth-order valence-electron chi connectivity index (χ4n) is 1.46. The number of carbonyl (C=O) groups is 1. The molecular formula is C12H13N3OS2. The molecule has 1 atom stereocenters. The lowest BCUT2D eigenvalue weighted by Gasteiger charge is -2.13. The Hall–Kier alpha value is -1.40. The van der Waals surface area contributed by atoms with Gasteiger partial charge in [-0.05, 0) is 12.5 Å². The Morgan fingerprint density at radius 2 is 2.22 bits per heavy atom. The molecule has 0 aliphatic rings. The van der Waals surface area contributed by atoms with Crippen LogP contribution in [0.4, 0.5) is 0 Å². The highest BCUT2D eigenvalue weighted by Gasteiger charge is 2.10. The topological polar surface area (TPSA) is 54.9 Å². The first-order chi connectivity index (χ1) is 8.75. The first kappa shape index (κ1) is 13.0. The van der Waals surface area contributed by atoms with Crippen molar-refractivity contribution < 1.29 is 4.79 Å². The molecule has 18 heavy (non-hydrogen) atoms. The zero-order chi connectivity index (χ0) is 12.8. The average molecular weight is 279 g/mol. The van der Waals surface area contributed by atoms with E-state index in [2.05, 4.69) is 15.5 Å². The number of nitrogens with zero attached hydrogens (tertiary/aromatic N) is 2. The third-order valence-electron chi connectivity index (χ3n) is 2.34. The summed E-state index contributed by atoms with van der Waals surface area (Å²) < 4.78 is 0.817. The van der Waals surface area contributed by atoms with E-state index in [1.165, 1.54) is 23.1 Å². The molecule has 1 heterocycles. The predicted octanol–water partition coefficient (Wildman–Crippen LogP) is 2.51. The summed E-state index contributed by atoms with van der Waals surface area (Å²) >= 11 is 2.85. The molecule has 1 aromatic heterocycles. The number of hydrogen-bond donors (Lipinski definition) is 1. The minimum atomic E-state index is 0.00607. The molecule has 1 N–H and O–H groups in total. The standard InChI is InChI=1S/C12H13N3OS2/c1-9(10-5-3-2-4-6-10)14-11(16)7-17-12-15-13-8-18-12/h2-6,8-9H,7H2,1H3,(H,14,16)/t9-/m0/s1. The highest BCUT2D eigenvalue weighted by Crippen LogP contribution is 2.19. The van der Waals surface area contributed by atoms with E-state index in [4.69, 9.17) is 0 Å². The van der Waals surface area contributed by atoms with Crippen LogP contribution in [0, 0.1) is 0 Å². The van der Waals surface area contributed by atoms with Crippen LogP contribution in [-0.4, -0.2) is 21.9 Å². The van der Waals surface area contributed by atoms with E-state index in [9.17, 15) is 4.79 Å². The zero-order valence-electron chi connectivity index (χ0n) is 9.87. The fraction of sp³-hybridized carbons (Fsp3) is 0.250. The second kappa shape index (κ2) is 6.51. The Balaban J connectivity index is 1.80. The Bertz CT molecular complexity index is 487. The highest BCUT2D eigenvalue weighted by molar-refractivity contribution is 8.01. The Morgan fingerprint density at radius 1 is 1.44 bits per heavy atom. The number of amides is 1. The molecule has 4 nitrogen and oxygen atoms in total. The Kier molecular flexibility index (Phi) is 4.72. The van der Waals surface area contributed by atoms with E-state index in [0.717, 1.165) is 9.90 Å². The number of nitrogens with one attached hydrogen (secondary N) is 1. The minimum Gasteiger partial charge on any atom is -0.349 e. The maximum absolute atomic E-state index is 11.7. The molecule has 2 aromatic rings. The molecule has 6 heteroatoms. The van der Waals surface area contributed by atoms with Crippen LogP contribution in [0.25, 0.3) is 0 Å². The van der Waals surface area contributed by atoms with Crippen LogP contribution in [0.2, 0.25) is 0 Å². The zero-order valence-corrected chi connectivity index (χ0v) is 11.5. The maximum atomic E-state index is 11.7. The van der Waals surface area contributed by atoms with Gasteiger partial charge in [0.25, 0.3) is 0 Å². The molecule has 0 aliphatic heterocycles. The molecule has 1 aromatic carbocycles. The molecule has 94 valence electrons. The van der Waals surface area contributed by atoms with Gasteiger partial charge in [-0.25, -0.2) is 0 Å². The molecule has 1 amide bonds. The van der Waals surface area contributed by atoms with Crippen molar-refractivity contribution in [2.75, 3.05) is 5.75 Å². The summed E-state index contributed by atoms with van der Waals surface area (Å²) in [5, 5.41) is 10.6. The predicted molar refractivity (Wildman–Crippen MR) is 73.6 cm³/mol. The third kappa shape index (κ3) is 3.82. The molecule has 0 unspecified atom stereocenters. The van der Waals surface area contributed by atoms with Crippen molar-refractivity contribution in [1.29, 1.82) is 0 Å². The first-order valence-corrected chi connectivity index (χ1v) is 7.35. The number of rotatable bonds is 5. The number of benzene rings is 1. The van der Waals surface area contributed by atoms with Crippen molar-refractivity contribution in [2.45, 2.75) is 17.3 Å². The molecule has 2 rings (SSSR count). The van der Waals surface area contributed by atoms with Gasteiger partial charge in [0.15, 0.2) is 4.34 Å². The van der Waals surface area contributed by atoms with Crippen LogP contribution in [0.3, 0.4) is 0 Å². The van der Waals surface area contributed by atoms with Gasteiger partial charge < -0.3 is 5.32 Å². The lowest BCUT2D eigenvalue weighted by atomic mass is 10.1. The second-order valence-corrected chi connectivity index (χ2v) is 5.75. The van der Waals surface area contributed by atoms with Gasteiger partial charge in [-0.2, -0.15) is 0 Å². The summed E-state index contributed by atoms with van der Waals surface area (Å²) in [4.78, 5) is 11.7. The van der Waals surface area contributed by atoms with Crippen LogP contribution < -0.4 is 5.32 Å². The van der Waals surface area contributed by atoms with Crippen LogP contribution in [0.1, 0.15) is 18.5 Å². The summed E-state index contributed by atoms with van der Waals surface area (Å²) in [5.41, 5.74) is 2.76. The van der Waals surface area contributed by atoms with Crippen molar-refractivity contribution in [3.63, 3.8) is 0 Å². The molecule has 0 saturated carbocycles. The van der Waals surface area contributed by atoms with E-state index in [0.29, 0.717) is 5.75 Å². The molecule has 0 bridgehead atoms. The third-order valence-corrected chi connectivity index (χ3v) is 4.20. The van der Waals surface area contributed by atoms with Crippen LogP contribution in [0.5, 0.6) is 0 Å². The molecular weight excluding hydrogens is 266 g/mol. The van der Waals surface area contributed by atoms with Crippen LogP contribution >= 0.6 is 23.1 Å². The second-order valence-electron chi connectivity index (χ2n) is 3.69. The van der Waals surface area contributed by atoms with Gasteiger partial charge in [-0.15, -0.1) is 10.2 Å². The van der Waals surface area contributed by atoms with Crippen molar-refractivity contribution >= 4 is 29.0 Å². The van der Waals surface area contributed by atoms with Gasteiger partial charge >= 0.3 is 0 Å². The Morgan fingerprint density at radius 3 is 2.89 bits per heavy atom. The summed E-state index contributed by atoms with van der Waals surface area (Å²) in [5.74, 6) is 0.373. The Labute approximate surface area is 114 Å². The molecule has 0 radical (unpaired) electrons. The summed E-state index contributed by atoms with van der Waals surface area (Å²) in [6, 6.07) is 9.92. The van der Waals surface area contributed by atoms with E-state index < -0.39 is 0 Å². The van der Waals surface area contributed by atoms with Gasteiger partial charge in [-0.1, -0.05) is 53.4 Å². The van der Waals surface area contributed by atoms with Crippen LogP contribution in [-0.2, 0) is 4.79 Å². The first-order valence-electron chi connectivity index (χ1n) is 5.49. The van der Waals surface area contributed by atoms with E-state index in [1.54, 1.807) is 5.51 Å². The number of aromatic nitrogens is 2. The normalized spacial score (nSPS) is 12.1. The molecule has 0 saturated heterocycles. The summed E-state index contributed by atoms with van der Waals surface area (Å²) in [6.45, 7) is 1.98. The number of hydrogen-bond acceptors (Lipinski definition) is 5. The SMILES string of the molecule is C[C@H](NC(=O)CSc1nncs1)c1ccccc1. The number of thioether (sulfide) groups is 1. The molecule has 0 aliphatic carbocycles. The van der Waals surface area contributed by atoms with E-state index >= 15 is 0 Å². The smallest absolute Gasteiger partial charge is 0.230 e. The monoisotopic (exact) mass is 279 g/mol. The van der Waals surface area contributed by atoms with Crippen molar-refractivity contribution in [3.05, 3.63) is 41.4 Å². The largest absolute Gasteiger partial charge is 0.349 e. The van der Waals surface area contributed by atoms with Gasteiger partial charge in [0.2, 0.25) is 5.91 Å². The molecule has 0 fully saturated rings. The van der Waals surface area contributed by atoms with Crippen molar-refractivity contribution in [2.24, 2.45) is 0 Å². The quantitative estimate of drug-likeness (QED) is 0.854. The van der Waals surface area contributed by atoms with Gasteiger partial charge in [0, 0.05) is 0 Å². The van der Waals surface area contributed by atoms with Gasteiger partial charge in [0.05, 0.1) is 11.8 Å². The van der Waals surface area contributed by atoms with Gasteiger partial charge in [-0.3, -0.25) is 4.79 Å². The lowest BCUT2D eigenvalue weighted by Crippen LogP contribution is -2.28. The maximum Gasteiger partial charge on any atom is 0.230 e. The minimum absolute atomic E-state index is 0.00607. The average Bonchev–Trinajstić information content (AvgIpc) is 2.90. The van der Waals surface area contributed by atoms with Crippen molar-refractivity contribution in [3.8, 4) is 0 Å². The summed E-state index contributed by atoms with van der Waals surface area (Å²) in [7, 11) is 0. The van der Waals surface area contributed by atoms with E-state index in [1.807, 2.05) is 37.3 Å². The van der Waals surface area contributed by atoms with E-state index in [-0.39, 0.29) is 11.9 Å².